The lowest BCUT2D eigenvalue weighted by atomic mass is 9.82. The van der Waals surface area contributed by atoms with Gasteiger partial charge in [0.2, 0.25) is 5.95 Å². The van der Waals surface area contributed by atoms with Gasteiger partial charge in [0.1, 0.15) is 5.56 Å². The fourth-order valence-corrected chi connectivity index (χ4v) is 3.89. The first-order chi connectivity index (χ1) is 15.9. The van der Waals surface area contributed by atoms with Gasteiger partial charge in [-0.1, -0.05) is 19.3 Å². The van der Waals surface area contributed by atoms with Gasteiger partial charge in [-0.25, -0.2) is 0 Å². The third-order valence-corrected chi connectivity index (χ3v) is 5.68. The molecular formula is C21H26F3N7O3. The molecule has 1 aromatic heterocycles. The van der Waals surface area contributed by atoms with E-state index < -0.39 is 45.8 Å². The summed E-state index contributed by atoms with van der Waals surface area (Å²) >= 11 is 0. The summed E-state index contributed by atoms with van der Waals surface area (Å²) in [4.78, 5) is 42.7. The summed E-state index contributed by atoms with van der Waals surface area (Å²) in [6.07, 6.45) is -0.227. The number of anilines is 3. The minimum atomic E-state index is -4.84. The number of aromatic nitrogens is 2. The Morgan fingerprint density at radius 1 is 1.21 bits per heavy atom. The van der Waals surface area contributed by atoms with E-state index in [2.05, 4.69) is 25.9 Å². The van der Waals surface area contributed by atoms with E-state index in [-0.39, 0.29) is 17.5 Å². The topological polar surface area (TPSA) is 168 Å². The van der Waals surface area contributed by atoms with Crippen molar-refractivity contribution in [1.29, 1.82) is 0 Å². The molecule has 0 aliphatic heterocycles. The third-order valence-electron chi connectivity index (χ3n) is 5.68. The molecule has 2 aromatic rings. The van der Waals surface area contributed by atoms with Crippen molar-refractivity contribution in [2.45, 2.75) is 43.8 Å². The van der Waals surface area contributed by atoms with Gasteiger partial charge in [0.25, 0.3) is 17.4 Å². The zero-order chi connectivity index (χ0) is 25.1. The number of benzene rings is 1. The zero-order valence-corrected chi connectivity index (χ0v) is 18.4. The second kappa shape index (κ2) is 9.71. The Kier molecular flexibility index (Phi) is 7.15. The molecular weight excluding hydrogens is 455 g/mol. The number of H-pyrrole nitrogens is 1. The van der Waals surface area contributed by atoms with Gasteiger partial charge in [-0.05, 0) is 31.0 Å². The predicted octanol–water partition coefficient (Wildman–Crippen LogP) is 2.06. The Bertz CT molecular complexity index is 1140. The monoisotopic (exact) mass is 481 g/mol. The van der Waals surface area contributed by atoms with Crippen LogP contribution in [0.3, 0.4) is 0 Å². The predicted molar refractivity (Wildman–Crippen MR) is 120 cm³/mol. The number of hydrogen-bond acceptors (Lipinski definition) is 7. The summed E-state index contributed by atoms with van der Waals surface area (Å²) in [5, 5.41) is 7.63. The minimum Gasteiger partial charge on any atom is -0.365 e. The molecule has 1 heterocycles. The highest BCUT2D eigenvalue weighted by atomic mass is 19.4. The van der Waals surface area contributed by atoms with E-state index in [0.29, 0.717) is 12.6 Å². The molecule has 1 fully saturated rings. The maximum atomic E-state index is 13.5. The van der Waals surface area contributed by atoms with Crippen LogP contribution in [0.5, 0.6) is 0 Å². The van der Waals surface area contributed by atoms with Gasteiger partial charge in [-0.2, -0.15) is 18.2 Å². The van der Waals surface area contributed by atoms with E-state index in [1.807, 2.05) is 0 Å². The van der Waals surface area contributed by atoms with Crippen molar-refractivity contribution in [3.05, 3.63) is 45.2 Å². The van der Waals surface area contributed by atoms with Crippen LogP contribution in [0.1, 0.15) is 58.4 Å². The van der Waals surface area contributed by atoms with Crippen molar-refractivity contribution in [2.75, 3.05) is 24.2 Å². The maximum absolute atomic E-state index is 13.5. The summed E-state index contributed by atoms with van der Waals surface area (Å²) < 4.78 is 40.6. The van der Waals surface area contributed by atoms with Gasteiger partial charge in [-0.3, -0.25) is 19.4 Å². The molecule has 3 rings (SSSR count). The lowest BCUT2D eigenvalue weighted by Gasteiger charge is -2.33. The Balaban J connectivity index is 1.96. The first kappa shape index (κ1) is 25.0. The van der Waals surface area contributed by atoms with E-state index in [0.717, 1.165) is 38.2 Å². The summed E-state index contributed by atoms with van der Waals surface area (Å²) in [6, 6.07) is 2.85. The van der Waals surface area contributed by atoms with Crippen LogP contribution in [0, 0.1) is 0 Å². The summed E-state index contributed by atoms with van der Waals surface area (Å²) in [7, 11) is 1.21. The first-order valence-electron chi connectivity index (χ1n) is 10.6. The fraction of sp³-hybridized carbons (Fsp3) is 0.429. The number of aromatic amines is 1. The second-order valence-corrected chi connectivity index (χ2v) is 8.24. The smallest absolute Gasteiger partial charge is 0.365 e. The van der Waals surface area contributed by atoms with Crippen LogP contribution in [-0.4, -0.2) is 40.9 Å². The number of carbonyl (C=O) groups excluding carboxylic acids is 2. The number of alkyl halides is 3. The van der Waals surface area contributed by atoms with Crippen molar-refractivity contribution in [3.8, 4) is 0 Å². The molecule has 184 valence electrons. The number of rotatable bonds is 7. The number of nitrogens with one attached hydrogen (secondary N) is 4. The first-order valence-corrected chi connectivity index (χ1v) is 10.6. The quantitative estimate of drug-likeness (QED) is 0.352. The van der Waals surface area contributed by atoms with Crippen molar-refractivity contribution in [2.24, 2.45) is 11.5 Å². The van der Waals surface area contributed by atoms with Gasteiger partial charge >= 0.3 is 6.18 Å². The fourth-order valence-electron chi connectivity index (χ4n) is 3.89. The molecule has 8 N–H and O–H groups in total. The zero-order valence-electron chi connectivity index (χ0n) is 18.4. The van der Waals surface area contributed by atoms with Crippen molar-refractivity contribution < 1.29 is 22.8 Å². The van der Waals surface area contributed by atoms with Gasteiger partial charge in [0, 0.05) is 24.8 Å². The third kappa shape index (κ3) is 5.65. The van der Waals surface area contributed by atoms with E-state index in [1.165, 1.54) is 13.1 Å². The lowest BCUT2D eigenvalue weighted by molar-refractivity contribution is -0.137. The Hall–Kier alpha value is -3.61. The molecule has 1 aliphatic carbocycles. The Labute approximate surface area is 192 Å². The lowest BCUT2D eigenvalue weighted by Crippen LogP contribution is -2.48. The average molecular weight is 481 g/mol. The van der Waals surface area contributed by atoms with E-state index in [4.69, 9.17) is 11.5 Å². The normalized spacial score (nSPS) is 15.4. The van der Waals surface area contributed by atoms with Crippen molar-refractivity contribution in [3.63, 3.8) is 0 Å². The summed E-state index contributed by atoms with van der Waals surface area (Å²) in [5.74, 6) is -2.40. The molecule has 1 aromatic carbocycles. The van der Waals surface area contributed by atoms with Crippen LogP contribution in [0.4, 0.5) is 30.6 Å². The standard InChI is InChI=1S/C21H26F3N7O3/c1-27-17(33)12-6-5-11(9-13(12)21(22,23)24)29-16-14(15(25)32)18(34)31-19(30-16)28-10-20(26)7-3-2-4-8-20/h5-6,9H,2-4,7-8,10,26H2,1H3,(H2,25,32)(H,27,33)(H3,28,29,30,31,34). The van der Waals surface area contributed by atoms with E-state index >= 15 is 0 Å². The molecule has 0 unspecified atom stereocenters. The number of nitrogens with two attached hydrogens (primary N) is 2. The molecule has 2 amide bonds. The molecule has 0 radical (unpaired) electrons. The van der Waals surface area contributed by atoms with Crippen LogP contribution in [0.2, 0.25) is 0 Å². The number of carbonyl (C=O) groups is 2. The van der Waals surface area contributed by atoms with Gasteiger partial charge in [0.05, 0.1) is 11.1 Å². The van der Waals surface area contributed by atoms with Gasteiger partial charge in [0.15, 0.2) is 5.82 Å². The molecule has 0 bridgehead atoms. The summed E-state index contributed by atoms with van der Waals surface area (Å²) in [5.41, 5.74) is 7.80. The average Bonchev–Trinajstić information content (AvgIpc) is 2.76. The number of hydrogen-bond donors (Lipinski definition) is 6. The summed E-state index contributed by atoms with van der Waals surface area (Å²) in [6.45, 7) is 0.296. The molecule has 1 aliphatic rings. The molecule has 34 heavy (non-hydrogen) atoms. The van der Waals surface area contributed by atoms with Crippen molar-refractivity contribution in [1.82, 2.24) is 15.3 Å². The SMILES string of the molecule is CNC(=O)c1ccc(Nc2nc(NCC3(N)CCCCC3)[nH]c(=O)c2C(N)=O)cc1C(F)(F)F. The van der Waals surface area contributed by atoms with Crippen LogP contribution >= 0.6 is 0 Å². The number of halogens is 3. The highest BCUT2D eigenvalue weighted by Gasteiger charge is 2.35. The van der Waals surface area contributed by atoms with Crippen molar-refractivity contribution >= 4 is 29.3 Å². The number of nitrogens with zero attached hydrogens (tertiary/aromatic N) is 1. The molecule has 0 atom stereocenters. The highest BCUT2D eigenvalue weighted by molar-refractivity contribution is 5.98. The minimum absolute atomic E-state index is 0.0223. The molecule has 0 spiro atoms. The number of amides is 2. The van der Waals surface area contributed by atoms with Crippen LogP contribution in [-0.2, 0) is 6.18 Å². The maximum Gasteiger partial charge on any atom is 0.417 e. The molecule has 10 nitrogen and oxygen atoms in total. The number of primary amides is 1. The van der Waals surface area contributed by atoms with E-state index in [1.54, 1.807) is 0 Å². The Morgan fingerprint density at radius 2 is 1.88 bits per heavy atom. The van der Waals surface area contributed by atoms with Crippen LogP contribution in [0.15, 0.2) is 23.0 Å². The van der Waals surface area contributed by atoms with Crippen LogP contribution in [0.25, 0.3) is 0 Å². The van der Waals surface area contributed by atoms with Crippen LogP contribution < -0.4 is 33.0 Å². The highest BCUT2D eigenvalue weighted by Crippen LogP contribution is 2.34. The molecule has 0 saturated heterocycles. The second-order valence-electron chi connectivity index (χ2n) is 8.24. The molecule has 13 heteroatoms. The van der Waals surface area contributed by atoms with Gasteiger partial charge in [-0.15, -0.1) is 0 Å². The molecule has 1 saturated carbocycles. The van der Waals surface area contributed by atoms with Gasteiger partial charge < -0.3 is 27.4 Å². The largest absolute Gasteiger partial charge is 0.417 e. The van der Waals surface area contributed by atoms with E-state index in [9.17, 15) is 27.6 Å². The Morgan fingerprint density at radius 3 is 2.47 bits per heavy atom.